The molecule has 12 nitrogen and oxygen atoms in total. The number of benzene rings is 2. The van der Waals surface area contributed by atoms with Crippen molar-refractivity contribution >= 4 is 78.2 Å². The summed E-state index contributed by atoms with van der Waals surface area (Å²) in [5.74, 6) is -1.18. The van der Waals surface area contributed by atoms with E-state index in [1.165, 1.54) is 57.9 Å². The van der Waals surface area contributed by atoms with Crippen molar-refractivity contribution in [1.29, 1.82) is 0 Å². The molecule has 11 rings (SSSR count). The van der Waals surface area contributed by atoms with E-state index in [2.05, 4.69) is 28.4 Å². The molecule has 7 saturated heterocycles. The molecule has 47 heavy (non-hydrogen) atoms. The van der Waals surface area contributed by atoms with Gasteiger partial charge in [0.1, 0.15) is 11.7 Å². The van der Waals surface area contributed by atoms with Crippen LogP contribution in [0, 0.1) is 0 Å². The summed E-state index contributed by atoms with van der Waals surface area (Å²) in [6, 6.07) is 16.0. The van der Waals surface area contributed by atoms with Crippen molar-refractivity contribution in [3.63, 3.8) is 0 Å². The highest BCUT2D eigenvalue weighted by atomic mass is 33.1. The van der Waals surface area contributed by atoms with E-state index in [9.17, 15) is 29.4 Å². The number of anilines is 2. The number of nitrogens with one attached hydrogen (secondary N) is 1. The highest BCUT2D eigenvalue weighted by molar-refractivity contribution is 8.78. The zero-order chi connectivity index (χ0) is 32.9. The molecule has 4 bridgehead atoms. The van der Waals surface area contributed by atoms with Crippen LogP contribution in [0.1, 0.15) is 29.9 Å². The SMILES string of the molecule is CN1C(=O)[C@]2(C[C@@H]3CN([C@]45C[C@@]67SS[C@@](CO)(C(=O)N6[C@H]4Nc4ccccc45)N(C)C7=O)c4ccccc43)SS[C@@]1(CO)C(=O)N2C. The molecular weight excluding hydrogens is 681 g/mol. The number of rotatable bonds is 5. The minimum Gasteiger partial charge on any atom is -0.392 e. The molecule has 7 atom stereocenters. The Kier molecular flexibility index (Phi) is 6.11. The zero-order valence-corrected chi connectivity index (χ0v) is 29.0. The second-order valence-corrected chi connectivity index (χ2v) is 18.7. The molecular formula is C31H32N6O6S4. The fourth-order valence-corrected chi connectivity index (χ4v) is 16.3. The number of hydrogen-bond donors (Lipinski definition) is 3. The zero-order valence-electron chi connectivity index (χ0n) is 25.7. The Morgan fingerprint density at radius 2 is 1.36 bits per heavy atom. The molecule has 0 saturated carbocycles. The van der Waals surface area contributed by atoms with Crippen LogP contribution in [0.4, 0.5) is 11.4 Å². The Morgan fingerprint density at radius 1 is 0.766 bits per heavy atom. The molecule has 0 unspecified atom stereocenters. The predicted octanol–water partition coefficient (Wildman–Crippen LogP) is 1.82. The number of hydrogen-bond acceptors (Lipinski definition) is 12. The monoisotopic (exact) mass is 712 g/mol. The van der Waals surface area contributed by atoms with Gasteiger partial charge in [-0.2, -0.15) is 0 Å². The fourth-order valence-electron chi connectivity index (χ4n) is 8.97. The number of amides is 4. The molecule has 0 radical (unpaired) electrons. The number of nitrogens with zero attached hydrogens (tertiary/aromatic N) is 5. The van der Waals surface area contributed by atoms with Crippen LogP contribution in [0.3, 0.4) is 0 Å². The van der Waals surface area contributed by atoms with E-state index in [1.807, 2.05) is 30.3 Å². The first-order valence-electron chi connectivity index (χ1n) is 15.4. The Bertz CT molecular complexity index is 1820. The molecule has 246 valence electrons. The van der Waals surface area contributed by atoms with Crippen LogP contribution in [0.5, 0.6) is 0 Å². The predicted molar refractivity (Wildman–Crippen MR) is 182 cm³/mol. The summed E-state index contributed by atoms with van der Waals surface area (Å²) in [6.45, 7) is -0.487. The van der Waals surface area contributed by atoms with Crippen LogP contribution < -0.4 is 10.2 Å². The first-order valence-corrected chi connectivity index (χ1v) is 19.7. The van der Waals surface area contributed by atoms with Gasteiger partial charge in [-0.25, -0.2) is 0 Å². The first-order chi connectivity index (χ1) is 22.5. The lowest BCUT2D eigenvalue weighted by Gasteiger charge is -2.59. The smallest absolute Gasteiger partial charge is 0.265 e. The average molecular weight is 713 g/mol. The van der Waals surface area contributed by atoms with Crippen molar-refractivity contribution in [2.24, 2.45) is 0 Å². The van der Waals surface area contributed by atoms with Gasteiger partial charge in [-0.1, -0.05) is 58.0 Å². The van der Waals surface area contributed by atoms with E-state index in [0.717, 1.165) is 22.5 Å². The van der Waals surface area contributed by atoms with Gasteiger partial charge < -0.3 is 35.1 Å². The van der Waals surface area contributed by atoms with E-state index < -0.39 is 44.4 Å². The van der Waals surface area contributed by atoms with E-state index in [0.29, 0.717) is 19.4 Å². The normalized spacial score (nSPS) is 39.5. The molecule has 7 fully saturated rings. The van der Waals surface area contributed by atoms with Crippen LogP contribution >= 0.6 is 43.2 Å². The number of para-hydroxylation sites is 2. The lowest BCUT2D eigenvalue weighted by atomic mass is 9.84. The molecule has 9 aliphatic rings. The molecule has 0 aromatic heterocycles. The van der Waals surface area contributed by atoms with Crippen LogP contribution in [0.25, 0.3) is 0 Å². The summed E-state index contributed by atoms with van der Waals surface area (Å²) in [5, 5.41) is 24.4. The second-order valence-electron chi connectivity index (χ2n) is 13.3. The number of fused-ring (bicyclic) bond motifs is 9. The highest BCUT2D eigenvalue weighted by Crippen LogP contribution is 2.70. The molecule has 9 heterocycles. The molecule has 9 aliphatic heterocycles. The Balaban J connectivity index is 1.18. The number of aliphatic hydroxyl groups excluding tert-OH is 2. The van der Waals surface area contributed by atoms with Gasteiger partial charge >= 0.3 is 0 Å². The van der Waals surface area contributed by atoms with Crippen molar-refractivity contribution < 1.29 is 29.4 Å². The van der Waals surface area contributed by atoms with Crippen LogP contribution in [-0.4, -0.2) is 120 Å². The average Bonchev–Trinajstić information content (AvgIpc) is 3.71. The number of piperazine rings is 2. The fraction of sp³-hybridized carbons (Fsp3) is 0.484. The lowest BCUT2D eigenvalue weighted by Crippen LogP contribution is -2.77. The minimum atomic E-state index is -1.41. The topological polar surface area (TPSA) is 137 Å². The van der Waals surface area contributed by atoms with E-state index >= 15 is 0 Å². The van der Waals surface area contributed by atoms with Crippen LogP contribution in [0.15, 0.2) is 48.5 Å². The Morgan fingerprint density at radius 3 is 2.13 bits per heavy atom. The molecule has 16 heteroatoms. The van der Waals surface area contributed by atoms with Crippen molar-refractivity contribution in [1.82, 2.24) is 19.6 Å². The molecule has 1 spiro atoms. The number of likely N-dealkylation sites (N-methyl/N-ethyl adjacent to an activating group) is 3. The molecule has 4 amide bonds. The van der Waals surface area contributed by atoms with E-state index in [1.54, 1.807) is 26.0 Å². The summed E-state index contributed by atoms with van der Waals surface area (Å²) < 4.78 is 0. The quantitative estimate of drug-likeness (QED) is 0.391. The van der Waals surface area contributed by atoms with Gasteiger partial charge in [0.2, 0.25) is 9.74 Å². The molecule has 3 N–H and O–H groups in total. The van der Waals surface area contributed by atoms with Crippen molar-refractivity contribution in [3.8, 4) is 0 Å². The Hall–Kier alpha value is -2.76. The summed E-state index contributed by atoms with van der Waals surface area (Å²) >= 11 is 0. The maximum Gasteiger partial charge on any atom is 0.265 e. The summed E-state index contributed by atoms with van der Waals surface area (Å²) in [6.07, 6.45) is 0.0543. The molecule has 0 aliphatic carbocycles. The largest absolute Gasteiger partial charge is 0.392 e. The number of carbonyl (C=O) groups excluding carboxylic acids is 4. The van der Waals surface area contributed by atoms with Crippen molar-refractivity contribution in [3.05, 3.63) is 59.7 Å². The van der Waals surface area contributed by atoms with Gasteiger partial charge in [0, 0.05) is 57.0 Å². The minimum absolute atomic E-state index is 0.180. The third kappa shape index (κ3) is 3.17. The van der Waals surface area contributed by atoms with Crippen LogP contribution in [-0.2, 0) is 24.7 Å². The number of aliphatic hydroxyl groups is 2. The summed E-state index contributed by atoms with van der Waals surface area (Å²) in [5.41, 5.74) is 2.99. The van der Waals surface area contributed by atoms with Gasteiger partial charge in [0.15, 0.2) is 9.74 Å². The lowest BCUT2D eigenvalue weighted by molar-refractivity contribution is -0.166. The summed E-state index contributed by atoms with van der Waals surface area (Å²) in [7, 11) is 10.1. The van der Waals surface area contributed by atoms with Crippen molar-refractivity contribution in [2.45, 2.75) is 49.9 Å². The standard InChI is InChI=1S/C31H32N6O6S4/c1-33-25(42)30(15-38)34(2)23(40)28(33,44-46-30)12-17-13-36(21-11-7-4-8-18(17)21)27-14-29-24(41)35(3)31(16-39,47-45-29)26(43)37(29)22(27)32-20-10-6-5-9-19(20)27/h4-11,17,22,32,38-39H,12-16H2,1-3H3/t17-,22-,27+,28+,29+,30+,31+/m1/s1. The van der Waals surface area contributed by atoms with Crippen molar-refractivity contribution in [2.75, 3.05) is 51.1 Å². The Labute approximate surface area is 286 Å². The van der Waals surface area contributed by atoms with Gasteiger partial charge in [0.05, 0.1) is 13.2 Å². The van der Waals surface area contributed by atoms with Gasteiger partial charge in [-0.05, 0) is 45.7 Å². The van der Waals surface area contributed by atoms with E-state index in [4.69, 9.17) is 0 Å². The molecule has 2 aromatic carbocycles. The molecule has 2 aromatic rings. The van der Waals surface area contributed by atoms with Crippen LogP contribution in [0.2, 0.25) is 0 Å². The first kappa shape index (κ1) is 30.3. The van der Waals surface area contributed by atoms with E-state index in [-0.39, 0.29) is 29.5 Å². The maximum atomic E-state index is 14.4. The third-order valence-electron chi connectivity index (χ3n) is 11.5. The van der Waals surface area contributed by atoms with Gasteiger partial charge in [-0.15, -0.1) is 0 Å². The third-order valence-corrected chi connectivity index (χ3v) is 18.9. The summed E-state index contributed by atoms with van der Waals surface area (Å²) in [4.78, 5) is 59.7. The second kappa shape index (κ2) is 9.47. The van der Waals surface area contributed by atoms with Gasteiger partial charge in [-0.3, -0.25) is 24.1 Å². The number of carbonyl (C=O) groups is 4. The maximum absolute atomic E-state index is 14.4. The highest BCUT2D eigenvalue weighted by Gasteiger charge is 2.79. The van der Waals surface area contributed by atoms with Gasteiger partial charge in [0.25, 0.3) is 23.6 Å².